The van der Waals surface area contributed by atoms with Crippen LogP contribution < -0.4 is 5.32 Å². The number of hydrogen-bond acceptors (Lipinski definition) is 1. The zero-order valence-electron chi connectivity index (χ0n) is 7.89. The van der Waals surface area contributed by atoms with Crippen LogP contribution in [0, 0.1) is 0 Å². The average molecular weight is 167 g/mol. The molecule has 0 saturated heterocycles. The number of allylic oxidation sites excluding steroid dienone is 1. The predicted octanol–water partition coefficient (Wildman–Crippen LogP) is 2.01. The lowest BCUT2D eigenvalue weighted by atomic mass is 9.95. The Morgan fingerprint density at radius 2 is 2.33 bits per heavy atom. The van der Waals surface area contributed by atoms with Crippen LogP contribution >= 0.6 is 0 Å². The molecule has 12 heavy (non-hydrogen) atoms. The summed E-state index contributed by atoms with van der Waals surface area (Å²) in [5.41, 5.74) is 1.40. The van der Waals surface area contributed by atoms with E-state index in [1.54, 1.807) is 6.92 Å². The number of carbonyl (C=O) groups excluding carboxylic acids is 1. The molecule has 0 spiro atoms. The number of nitrogens with one attached hydrogen (secondary N) is 1. The van der Waals surface area contributed by atoms with Gasteiger partial charge in [-0.1, -0.05) is 11.6 Å². The first kappa shape index (κ1) is 9.30. The monoisotopic (exact) mass is 167 g/mol. The lowest BCUT2D eigenvalue weighted by Gasteiger charge is -2.19. The van der Waals surface area contributed by atoms with Gasteiger partial charge in [-0.2, -0.15) is 0 Å². The van der Waals surface area contributed by atoms with Crippen LogP contribution in [0.3, 0.4) is 0 Å². The Morgan fingerprint density at radius 3 is 2.83 bits per heavy atom. The number of amides is 1. The van der Waals surface area contributed by atoms with Gasteiger partial charge in [-0.25, -0.2) is 0 Å². The summed E-state index contributed by atoms with van der Waals surface area (Å²) >= 11 is 0. The first-order valence-corrected chi connectivity index (χ1v) is 4.66. The molecule has 2 nitrogen and oxygen atoms in total. The van der Waals surface area contributed by atoms with Gasteiger partial charge in [-0.15, -0.1) is 0 Å². The molecule has 68 valence electrons. The van der Waals surface area contributed by atoms with Crippen LogP contribution in [0.1, 0.15) is 39.5 Å². The third kappa shape index (κ3) is 2.68. The molecule has 0 aromatic carbocycles. The zero-order chi connectivity index (χ0) is 8.97. The Hall–Kier alpha value is -0.790. The van der Waals surface area contributed by atoms with E-state index in [1.807, 2.05) is 0 Å². The average Bonchev–Trinajstić information content (AvgIpc) is 2.05. The third-order valence-electron chi connectivity index (χ3n) is 2.30. The van der Waals surface area contributed by atoms with Crippen molar-refractivity contribution in [1.29, 1.82) is 0 Å². The van der Waals surface area contributed by atoms with Gasteiger partial charge in [0.05, 0.1) is 0 Å². The van der Waals surface area contributed by atoms with E-state index in [0.29, 0.717) is 0 Å². The molecule has 0 bridgehead atoms. The molecule has 1 rings (SSSR count). The summed E-state index contributed by atoms with van der Waals surface area (Å²) in [4.78, 5) is 10.8. The van der Waals surface area contributed by atoms with E-state index in [4.69, 9.17) is 0 Å². The summed E-state index contributed by atoms with van der Waals surface area (Å²) in [6.45, 7) is 3.62. The number of rotatable bonds is 2. The summed E-state index contributed by atoms with van der Waals surface area (Å²) in [6.07, 6.45) is 7.18. The van der Waals surface area contributed by atoms with Gasteiger partial charge in [0.2, 0.25) is 5.91 Å². The smallest absolute Gasteiger partial charge is 0.217 e. The fraction of sp³-hybridized carbons (Fsp3) is 0.700. The van der Waals surface area contributed by atoms with Gasteiger partial charge >= 0.3 is 0 Å². The van der Waals surface area contributed by atoms with Crippen LogP contribution in [0.4, 0.5) is 0 Å². The highest BCUT2D eigenvalue weighted by Crippen LogP contribution is 2.19. The molecule has 0 saturated carbocycles. The first-order valence-electron chi connectivity index (χ1n) is 4.66. The fourth-order valence-electron chi connectivity index (χ4n) is 1.65. The van der Waals surface area contributed by atoms with Crippen LogP contribution in [-0.2, 0) is 4.79 Å². The number of hydrogen-bond donors (Lipinski definition) is 1. The van der Waals surface area contributed by atoms with E-state index in [0.717, 1.165) is 6.42 Å². The summed E-state index contributed by atoms with van der Waals surface area (Å²) in [5, 5.41) is 2.91. The molecule has 0 heterocycles. The van der Waals surface area contributed by atoms with Crippen LogP contribution in [0.2, 0.25) is 0 Å². The topological polar surface area (TPSA) is 29.1 Å². The minimum absolute atomic E-state index is 0.0639. The molecule has 0 aliphatic heterocycles. The van der Waals surface area contributed by atoms with Crippen LogP contribution in [0.5, 0.6) is 0 Å². The molecule has 1 aliphatic rings. The van der Waals surface area contributed by atoms with Gasteiger partial charge < -0.3 is 5.32 Å². The predicted molar refractivity (Wildman–Crippen MR) is 49.8 cm³/mol. The van der Waals surface area contributed by atoms with Gasteiger partial charge in [0.1, 0.15) is 0 Å². The van der Waals surface area contributed by atoms with Crippen molar-refractivity contribution in [2.24, 2.45) is 0 Å². The Balaban J connectivity index is 2.44. The summed E-state index contributed by atoms with van der Waals surface area (Å²) < 4.78 is 0. The van der Waals surface area contributed by atoms with Crippen LogP contribution in [0.15, 0.2) is 11.6 Å². The lowest BCUT2D eigenvalue weighted by molar-refractivity contribution is -0.119. The molecule has 1 amide bonds. The molecule has 1 unspecified atom stereocenters. The highest BCUT2D eigenvalue weighted by atomic mass is 16.1. The maximum atomic E-state index is 10.8. The maximum absolute atomic E-state index is 10.8. The van der Waals surface area contributed by atoms with E-state index < -0.39 is 0 Å². The third-order valence-corrected chi connectivity index (χ3v) is 2.30. The second-order valence-electron chi connectivity index (χ2n) is 3.45. The second-order valence-corrected chi connectivity index (χ2v) is 3.45. The van der Waals surface area contributed by atoms with Gasteiger partial charge in [0.25, 0.3) is 0 Å². The minimum atomic E-state index is 0.0639. The van der Waals surface area contributed by atoms with Crippen LogP contribution in [-0.4, -0.2) is 11.9 Å². The van der Waals surface area contributed by atoms with E-state index >= 15 is 0 Å². The molecule has 0 radical (unpaired) electrons. The van der Waals surface area contributed by atoms with Gasteiger partial charge in [0.15, 0.2) is 0 Å². The molecule has 0 aromatic heterocycles. The van der Waals surface area contributed by atoms with E-state index in [9.17, 15) is 4.79 Å². The highest BCUT2D eigenvalue weighted by molar-refractivity contribution is 5.73. The quantitative estimate of drug-likeness (QED) is 0.626. The summed E-state index contributed by atoms with van der Waals surface area (Å²) in [5.74, 6) is 0.0639. The van der Waals surface area contributed by atoms with Crippen molar-refractivity contribution in [3.05, 3.63) is 11.6 Å². The summed E-state index contributed by atoms with van der Waals surface area (Å²) in [7, 11) is 0. The number of carbonyl (C=O) groups is 1. The van der Waals surface area contributed by atoms with Gasteiger partial charge in [0, 0.05) is 13.0 Å². The van der Waals surface area contributed by atoms with Crippen molar-refractivity contribution in [1.82, 2.24) is 5.32 Å². The maximum Gasteiger partial charge on any atom is 0.217 e. The highest BCUT2D eigenvalue weighted by Gasteiger charge is 2.11. The Kier molecular flexibility index (Phi) is 3.32. The lowest BCUT2D eigenvalue weighted by Crippen LogP contribution is -2.32. The molecule has 1 N–H and O–H groups in total. The summed E-state index contributed by atoms with van der Waals surface area (Å²) in [6, 6.07) is 0.239. The molecule has 1 atom stereocenters. The van der Waals surface area contributed by atoms with Gasteiger partial charge in [-0.05, 0) is 32.6 Å². The first-order chi connectivity index (χ1) is 5.70. The standard InChI is InChI=1S/C10H17NO/c1-8(11-9(2)12)10-6-4-3-5-7-10/h6,8H,3-5,7H2,1-2H3,(H,11,12). The SMILES string of the molecule is CC(=O)NC(C)C1=CCCCC1. The molecule has 0 fully saturated rings. The van der Waals surface area contributed by atoms with Crippen molar-refractivity contribution in [3.8, 4) is 0 Å². The van der Waals surface area contributed by atoms with E-state index in [2.05, 4.69) is 18.3 Å². The van der Waals surface area contributed by atoms with Crippen molar-refractivity contribution < 1.29 is 4.79 Å². The Morgan fingerprint density at radius 1 is 1.58 bits per heavy atom. The minimum Gasteiger partial charge on any atom is -0.350 e. The molecule has 2 heteroatoms. The fourth-order valence-corrected chi connectivity index (χ4v) is 1.65. The Bertz CT molecular complexity index is 196. The Labute approximate surface area is 74.0 Å². The van der Waals surface area contributed by atoms with Crippen molar-refractivity contribution in [3.63, 3.8) is 0 Å². The second kappa shape index (κ2) is 4.29. The van der Waals surface area contributed by atoms with Crippen molar-refractivity contribution >= 4 is 5.91 Å². The molecule has 1 aliphatic carbocycles. The van der Waals surface area contributed by atoms with Crippen molar-refractivity contribution in [2.45, 2.75) is 45.6 Å². The zero-order valence-corrected chi connectivity index (χ0v) is 7.89. The molecule has 0 aromatic rings. The van der Waals surface area contributed by atoms with Crippen molar-refractivity contribution in [2.75, 3.05) is 0 Å². The van der Waals surface area contributed by atoms with Crippen LogP contribution in [0.25, 0.3) is 0 Å². The van der Waals surface area contributed by atoms with Gasteiger partial charge in [-0.3, -0.25) is 4.79 Å². The normalized spacial score (nSPS) is 19.7. The van der Waals surface area contributed by atoms with E-state index in [1.165, 1.54) is 24.8 Å². The molecular formula is C10H17NO. The van der Waals surface area contributed by atoms with E-state index in [-0.39, 0.29) is 11.9 Å². The molecular weight excluding hydrogens is 150 g/mol. The largest absolute Gasteiger partial charge is 0.350 e.